The van der Waals surface area contributed by atoms with Crippen LogP contribution in [0.4, 0.5) is 0 Å². The van der Waals surface area contributed by atoms with Gasteiger partial charge >= 0.3 is 0 Å². The molecule has 3 N–H and O–H groups in total. The fraction of sp³-hybridized carbons (Fsp3) is 0.167. The van der Waals surface area contributed by atoms with Gasteiger partial charge < -0.3 is 14.8 Å². The number of nitrogens with zero attached hydrogens (tertiary/aromatic N) is 1. The number of aliphatic hydroxyl groups excluding tert-OH is 1. The Morgan fingerprint density at radius 3 is 2.48 bits per heavy atom. The number of benzene rings is 3. The average molecular weight is 435 g/mol. The summed E-state index contributed by atoms with van der Waals surface area (Å²) in [6.45, 7) is 2.43. The largest absolute Gasteiger partial charge is 0.508 e. The maximum Gasteiger partial charge on any atom is 0.259 e. The number of carbonyl (C=O) groups is 2. The predicted molar refractivity (Wildman–Crippen MR) is 120 cm³/mol. The van der Waals surface area contributed by atoms with Crippen molar-refractivity contribution in [1.29, 1.82) is 0 Å². The summed E-state index contributed by atoms with van der Waals surface area (Å²) < 4.78 is 2.02. The molecule has 0 aliphatic carbocycles. The molecule has 5 rings (SSSR count). The molecule has 6 nitrogen and oxygen atoms in total. The lowest BCUT2D eigenvalue weighted by atomic mass is 9.93. The number of nitrogens with one attached hydrogen (secondary N) is 1. The number of aromatic hydroxyl groups is 1. The number of phenolic OH excluding ortho intramolecular Hbond substituents is 1. The highest BCUT2D eigenvalue weighted by Crippen LogP contribution is 2.42. The van der Waals surface area contributed by atoms with Gasteiger partial charge in [-0.3, -0.25) is 14.9 Å². The molecule has 156 valence electrons. The number of amides is 2. The van der Waals surface area contributed by atoms with Gasteiger partial charge in [0.15, 0.2) is 0 Å². The van der Waals surface area contributed by atoms with Gasteiger partial charge in [-0.25, -0.2) is 0 Å². The van der Waals surface area contributed by atoms with Gasteiger partial charge in [0.25, 0.3) is 11.8 Å². The molecule has 3 aromatic carbocycles. The summed E-state index contributed by atoms with van der Waals surface area (Å²) in [5, 5.41) is 23.9. The van der Waals surface area contributed by atoms with E-state index < -0.39 is 11.8 Å². The lowest BCUT2D eigenvalue weighted by Crippen LogP contribution is -2.20. The highest BCUT2D eigenvalue weighted by Gasteiger charge is 2.35. The lowest BCUT2D eigenvalue weighted by molar-refractivity contribution is 0.0880. The van der Waals surface area contributed by atoms with E-state index in [4.69, 9.17) is 11.6 Å². The van der Waals surface area contributed by atoms with Gasteiger partial charge in [0.1, 0.15) is 5.75 Å². The molecule has 0 saturated carbocycles. The second-order valence-corrected chi connectivity index (χ2v) is 8.34. The third-order valence-corrected chi connectivity index (χ3v) is 6.12. The molecule has 1 aliphatic heterocycles. The Balaban J connectivity index is 1.98. The Morgan fingerprint density at radius 1 is 1.00 bits per heavy atom. The summed E-state index contributed by atoms with van der Waals surface area (Å²) in [7, 11) is 0. The standard InChI is InChI=1S/C24H19ClN2O4/c1-12(11-28)10-27-18-7-6-13(29)8-16(18)20-19(27)9-15(14-4-2-3-5-17(14)25)21-22(20)24(31)26-23(21)30/h2-9,12,28-29H,10-11H2,1H3,(H,26,30,31)/t12-/m0/s1. The normalized spacial score (nSPS) is 14.3. The zero-order chi connectivity index (χ0) is 21.9. The Labute approximate surface area is 182 Å². The van der Waals surface area contributed by atoms with Gasteiger partial charge in [0.05, 0.1) is 16.6 Å². The summed E-state index contributed by atoms with van der Waals surface area (Å²) in [6.07, 6.45) is 0. The van der Waals surface area contributed by atoms with Crippen LogP contribution >= 0.6 is 11.6 Å². The molecular formula is C24H19ClN2O4. The van der Waals surface area contributed by atoms with Gasteiger partial charge in [-0.1, -0.05) is 36.7 Å². The highest BCUT2D eigenvalue weighted by atomic mass is 35.5. The molecule has 0 saturated heterocycles. The van der Waals surface area contributed by atoms with Crippen molar-refractivity contribution >= 4 is 45.2 Å². The van der Waals surface area contributed by atoms with E-state index in [-0.39, 0.29) is 29.4 Å². The zero-order valence-electron chi connectivity index (χ0n) is 16.6. The first-order chi connectivity index (χ1) is 14.9. The third kappa shape index (κ3) is 2.91. The quantitative estimate of drug-likeness (QED) is 0.417. The average Bonchev–Trinajstić information content (AvgIpc) is 3.21. The molecule has 7 heteroatoms. The number of rotatable bonds is 4. The van der Waals surface area contributed by atoms with E-state index in [0.717, 1.165) is 11.0 Å². The second-order valence-electron chi connectivity index (χ2n) is 7.93. The van der Waals surface area contributed by atoms with Gasteiger partial charge in [-0.15, -0.1) is 0 Å². The predicted octanol–water partition coefficient (Wildman–Crippen LogP) is 4.33. The van der Waals surface area contributed by atoms with Crippen LogP contribution in [0.3, 0.4) is 0 Å². The highest BCUT2D eigenvalue weighted by molar-refractivity contribution is 6.36. The topological polar surface area (TPSA) is 91.6 Å². The van der Waals surface area contributed by atoms with Crippen LogP contribution in [-0.4, -0.2) is 33.2 Å². The van der Waals surface area contributed by atoms with E-state index in [0.29, 0.717) is 33.5 Å². The van der Waals surface area contributed by atoms with Crippen LogP contribution in [-0.2, 0) is 6.54 Å². The van der Waals surface area contributed by atoms with Crippen LogP contribution in [0.1, 0.15) is 27.6 Å². The molecule has 0 unspecified atom stereocenters. The van der Waals surface area contributed by atoms with Crippen LogP contribution in [0.25, 0.3) is 32.9 Å². The smallest absolute Gasteiger partial charge is 0.259 e. The summed E-state index contributed by atoms with van der Waals surface area (Å²) >= 11 is 6.45. The molecule has 4 aromatic rings. The number of fused-ring (bicyclic) bond motifs is 5. The molecule has 0 radical (unpaired) electrons. The van der Waals surface area contributed by atoms with Gasteiger partial charge in [0.2, 0.25) is 0 Å². The van der Waals surface area contributed by atoms with Gasteiger partial charge in [-0.2, -0.15) is 0 Å². The molecule has 2 heterocycles. The maximum absolute atomic E-state index is 12.9. The van der Waals surface area contributed by atoms with Crippen LogP contribution in [0.5, 0.6) is 5.75 Å². The molecule has 1 atom stereocenters. The third-order valence-electron chi connectivity index (χ3n) is 5.79. The van der Waals surface area contributed by atoms with Crippen molar-refractivity contribution in [2.45, 2.75) is 13.5 Å². The van der Waals surface area contributed by atoms with E-state index in [1.54, 1.807) is 30.3 Å². The first-order valence-corrected chi connectivity index (χ1v) is 10.3. The fourth-order valence-electron chi connectivity index (χ4n) is 4.39. The molecule has 0 spiro atoms. The Morgan fingerprint density at radius 2 is 1.74 bits per heavy atom. The van der Waals surface area contributed by atoms with E-state index in [1.165, 1.54) is 0 Å². The van der Waals surface area contributed by atoms with Crippen molar-refractivity contribution in [3.8, 4) is 16.9 Å². The minimum absolute atomic E-state index is 0.000529. The van der Waals surface area contributed by atoms with Crippen LogP contribution < -0.4 is 5.32 Å². The molecular weight excluding hydrogens is 416 g/mol. The lowest BCUT2D eigenvalue weighted by Gasteiger charge is -2.14. The number of aliphatic hydroxyl groups is 1. The SMILES string of the molecule is C[C@H](CO)Cn1c2ccc(O)cc2c2c3c(c(-c4ccccc4Cl)cc21)C(=O)NC3=O. The molecule has 0 bridgehead atoms. The Hall–Kier alpha value is -3.35. The number of hydrogen-bond acceptors (Lipinski definition) is 4. The molecule has 1 aromatic heterocycles. The minimum Gasteiger partial charge on any atom is -0.508 e. The number of halogens is 1. The number of aromatic nitrogens is 1. The molecule has 31 heavy (non-hydrogen) atoms. The van der Waals surface area contributed by atoms with E-state index in [9.17, 15) is 19.8 Å². The van der Waals surface area contributed by atoms with Crippen molar-refractivity contribution in [1.82, 2.24) is 9.88 Å². The fourth-order valence-corrected chi connectivity index (χ4v) is 4.63. The summed E-state index contributed by atoms with van der Waals surface area (Å²) in [5.74, 6) is -0.923. The minimum atomic E-state index is -0.475. The molecule has 1 aliphatic rings. The molecule has 2 amide bonds. The zero-order valence-corrected chi connectivity index (χ0v) is 17.4. The first kappa shape index (κ1) is 19.6. The monoisotopic (exact) mass is 434 g/mol. The summed E-state index contributed by atoms with van der Waals surface area (Å²) in [5.41, 5.74) is 3.33. The van der Waals surface area contributed by atoms with Gasteiger partial charge in [-0.05, 0) is 41.8 Å². The first-order valence-electron chi connectivity index (χ1n) is 9.94. The second kappa shape index (κ2) is 7.11. The molecule has 0 fully saturated rings. The number of phenols is 1. The van der Waals surface area contributed by atoms with Crippen LogP contribution in [0, 0.1) is 5.92 Å². The van der Waals surface area contributed by atoms with Crippen molar-refractivity contribution < 1.29 is 19.8 Å². The Kier molecular flexibility index (Phi) is 4.50. The van der Waals surface area contributed by atoms with Crippen molar-refractivity contribution in [2.75, 3.05) is 6.61 Å². The van der Waals surface area contributed by atoms with Crippen molar-refractivity contribution in [3.63, 3.8) is 0 Å². The van der Waals surface area contributed by atoms with E-state index >= 15 is 0 Å². The van der Waals surface area contributed by atoms with Crippen molar-refractivity contribution in [3.05, 3.63) is 64.7 Å². The van der Waals surface area contributed by atoms with E-state index in [2.05, 4.69) is 5.32 Å². The maximum atomic E-state index is 12.9. The number of hydrogen-bond donors (Lipinski definition) is 3. The number of imide groups is 1. The van der Waals surface area contributed by atoms with E-state index in [1.807, 2.05) is 29.7 Å². The van der Waals surface area contributed by atoms with Crippen LogP contribution in [0.15, 0.2) is 48.5 Å². The van der Waals surface area contributed by atoms with Crippen molar-refractivity contribution in [2.24, 2.45) is 5.92 Å². The van der Waals surface area contributed by atoms with Crippen LogP contribution in [0.2, 0.25) is 5.02 Å². The van der Waals surface area contributed by atoms with Gasteiger partial charge in [0, 0.05) is 40.0 Å². The summed E-state index contributed by atoms with van der Waals surface area (Å²) in [4.78, 5) is 25.7. The Bertz CT molecular complexity index is 1410. The number of carbonyl (C=O) groups excluding carboxylic acids is 2. The summed E-state index contributed by atoms with van der Waals surface area (Å²) in [6, 6.07) is 14.0.